The van der Waals surface area contributed by atoms with Crippen molar-refractivity contribution in [2.75, 3.05) is 18.6 Å². The van der Waals surface area contributed by atoms with E-state index in [1.807, 2.05) is 31.2 Å². The van der Waals surface area contributed by atoms with Crippen molar-refractivity contribution in [1.82, 2.24) is 5.32 Å². The second-order valence-electron chi connectivity index (χ2n) is 8.25. The Morgan fingerprint density at radius 3 is 2.37 bits per heavy atom. The molecule has 3 aromatic carbocycles. The molecule has 0 atom stereocenters. The summed E-state index contributed by atoms with van der Waals surface area (Å²) in [6, 6.07) is 16.9. The van der Waals surface area contributed by atoms with Crippen molar-refractivity contribution in [2.24, 2.45) is 0 Å². The molecular formula is C28H24BrIN2O6. The topological polar surface area (TPSA) is 94.2 Å². The molecule has 38 heavy (non-hydrogen) atoms. The van der Waals surface area contributed by atoms with Gasteiger partial charge in [0.2, 0.25) is 0 Å². The summed E-state index contributed by atoms with van der Waals surface area (Å²) in [5.41, 5.74) is 1.67. The molecule has 1 fully saturated rings. The van der Waals surface area contributed by atoms with Crippen LogP contribution in [0.1, 0.15) is 24.5 Å². The maximum absolute atomic E-state index is 13.3. The molecule has 1 saturated heterocycles. The maximum atomic E-state index is 13.3. The summed E-state index contributed by atoms with van der Waals surface area (Å²) in [7, 11) is 1.52. The molecule has 10 heteroatoms. The van der Waals surface area contributed by atoms with Gasteiger partial charge in [-0.1, -0.05) is 35.0 Å². The molecule has 1 aliphatic heterocycles. The van der Waals surface area contributed by atoms with Gasteiger partial charge in [0.1, 0.15) is 17.9 Å². The number of hydrogen-bond acceptors (Lipinski definition) is 6. The lowest BCUT2D eigenvalue weighted by Crippen LogP contribution is -2.54. The minimum Gasteiger partial charge on any atom is -0.493 e. The highest BCUT2D eigenvalue weighted by Gasteiger charge is 2.37. The van der Waals surface area contributed by atoms with Crippen molar-refractivity contribution in [3.63, 3.8) is 0 Å². The second-order valence-corrected chi connectivity index (χ2v) is 10.3. The fourth-order valence-electron chi connectivity index (χ4n) is 3.66. The SMILES string of the molecule is CCCOc1c(I)cc(/C=C2\C(=O)NC(=O)N(c3ccc(OCc4ccc(Br)cc4)cc3)C2=O)cc1OC. The van der Waals surface area contributed by atoms with Crippen molar-refractivity contribution in [3.05, 3.63) is 85.4 Å². The molecule has 4 rings (SSSR count). The third kappa shape index (κ3) is 6.36. The summed E-state index contributed by atoms with van der Waals surface area (Å²) >= 11 is 5.51. The predicted octanol–water partition coefficient (Wildman–Crippen LogP) is 6.10. The average Bonchev–Trinajstić information content (AvgIpc) is 2.90. The second kappa shape index (κ2) is 12.4. The van der Waals surface area contributed by atoms with Gasteiger partial charge in [-0.05, 0) is 94.7 Å². The molecule has 0 aromatic heterocycles. The molecule has 8 nitrogen and oxygen atoms in total. The van der Waals surface area contributed by atoms with Crippen LogP contribution in [0.3, 0.4) is 0 Å². The minimum atomic E-state index is -0.823. The third-order valence-corrected chi connectivity index (χ3v) is 6.86. The Hall–Kier alpha value is -3.38. The Kier molecular flexibility index (Phi) is 9.05. The third-order valence-electron chi connectivity index (χ3n) is 5.53. The van der Waals surface area contributed by atoms with Crippen molar-refractivity contribution in [2.45, 2.75) is 20.0 Å². The number of methoxy groups -OCH3 is 1. The summed E-state index contributed by atoms with van der Waals surface area (Å²) in [6.07, 6.45) is 2.27. The number of carbonyl (C=O) groups excluding carboxylic acids is 3. The molecule has 1 aliphatic rings. The first-order valence-electron chi connectivity index (χ1n) is 11.7. The van der Waals surface area contributed by atoms with E-state index in [0.717, 1.165) is 24.9 Å². The average molecular weight is 691 g/mol. The lowest BCUT2D eigenvalue weighted by molar-refractivity contribution is -0.122. The number of benzene rings is 3. The Balaban J connectivity index is 1.55. The predicted molar refractivity (Wildman–Crippen MR) is 155 cm³/mol. The van der Waals surface area contributed by atoms with Gasteiger partial charge in [0.25, 0.3) is 11.8 Å². The number of imide groups is 2. The number of urea groups is 1. The highest BCUT2D eigenvalue weighted by Crippen LogP contribution is 2.35. The first kappa shape index (κ1) is 27.6. The Labute approximate surface area is 242 Å². The molecule has 0 unspecified atom stereocenters. The van der Waals surface area contributed by atoms with E-state index < -0.39 is 17.8 Å². The number of barbiturate groups is 1. The number of nitrogens with zero attached hydrogens (tertiary/aromatic N) is 1. The number of carbonyl (C=O) groups is 3. The van der Waals surface area contributed by atoms with Crippen LogP contribution < -0.4 is 24.4 Å². The van der Waals surface area contributed by atoms with Gasteiger partial charge < -0.3 is 14.2 Å². The molecule has 0 saturated carbocycles. The summed E-state index contributed by atoms with van der Waals surface area (Å²) in [5, 5.41) is 2.24. The van der Waals surface area contributed by atoms with Gasteiger partial charge in [-0.25, -0.2) is 9.69 Å². The van der Waals surface area contributed by atoms with Crippen LogP contribution in [0, 0.1) is 3.57 Å². The van der Waals surface area contributed by atoms with E-state index in [4.69, 9.17) is 14.2 Å². The van der Waals surface area contributed by atoms with Crippen LogP contribution in [0.4, 0.5) is 10.5 Å². The monoisotopic (exact) mass is 690 g/mol. The molecule has 0 bridgehead atoms. The van der Waals surface area contributed by atoms with Gasteiger partial charge >= 0.3 is 6.03 Å². The van der Waals surface area contributed by atoms with Crippen LogP contribution in [-0.2, 0) is 16.2 Å². The summed E-state index contributed by atoms with van der Waals surface area (Å²) in [5.74, 6) is 0.136. The van der Waals surface area contributed by atoms with Crippen LogP contribution in [0.25, 0.3) is 6.08 Å². The lowest BCUT2D eigenvalue weighted by atomic mass is 10.1. The van der Waals surface area contributed by atoms with Crippen LogP contribution in [0.5, 0.6) is 17.2 Å². The van der Waals surface area contributed by atoms with Gasteiger partial charge in [-0.2, -0.15) is 0 Å². The van der Waals surface area contributed by atoms with Gasteiger partial charge in [0, 0.05) is 4.47 Å². The van der Waals surface area contributed by atoms with Gasteiger partial charge in [0.05, 0.1) is 23.0 Å². The fraction of sp³-hybridized carbons (Fsp3) is 0.179. The van der Waals surface area contributed by atoms with E-state index in [-0.39, 0.29) is 5.57 Å². The highest BCUT2D eigenvalue weighted by molar-refractivity contribution is 14.1. The quantitative estimate of drug-likeness (QED) is 0.166. The summed E-state index contributed by atoms with van der Waals surface area (Å²) < 4.78 is 18.8. The zero-order valence-corrected chi connectivity index (χ0v) is 24.4. The standard InChI is InChI=1S/C28H24BrIN2O6/c1-3-12-37-25-23(30)14-18(15-24(25)36-2)13-22-26(33)31-28(35)32(27(22)34)20-8-10-21(11-9-20)38-16-17-4-6-19(29)7-5-17/h4-11,13-15H,3,12,16H2,1-2H3,(H,31,33,35)/b22-13+. The molecule has 1 heterocycles. The van der Waals surface area contributed by atoms with Crippen molar-refractivity contribution in [1.29, 1.82) is 0 Å². The van der Waals surface area contributed by atoms with Crippen LogP contribution in [0.2, 0.25) is 0 Å². The van der Waals surface area contributed by atoms with Gasteiger partial charge in [-0.3, -0.25) is 14.9 Å². The van der Waals surface area contributed by atoms with Crippen molar-refractivity contribution >= 4 is 68.1 Å². The van der Waals surface area contributed by atoms with E-state index in [9.17, 15) is 14.4 Å². The number of halogens is 2. The molecule has 1 N–H and O–H groups in total. The van der Waals surface area contributed by atoms with Gasteiger partial charge in [0.15, 0.2) is 11.5 Å². The zero-order valence-electron chi connectivity index (χ0n) is 20.6. The minimum absolute atomic E-state index is 0.180. The molecule has 0 radical (unpaired) electrons. The van der Waals surface area contributed by atoms with E-state index in [0.29, 0.717) is 41.7 Å². The number of ether oxygens (including phenoxy) is 3. The number of rotatable bonds is 9. The van der Waals surface area contributed by atoms with E-state index in [1.54, 1.807) is 36.4 Å². The van der Waals surface area contributed by atoms with Crippen LogP contribution >= 0.6 is 38.5 Å². The van der Waals surface area contributed by atoms with E-state index in [1.165, 1.54) is 13.2 Å². The largest absolute Gasteiger partial charge is 0.493 e. The molecule has 196 valence electrons. The highest BCUT2D eigenvalue weighted by atomic mass is 127. The van der Waals surface area contributed by atoms with Crippen molar-refractivity contribution < 1.29 is 28.6 Å². The van der Waals surface area contributed by atoms with E-state index in [2.05, 4.69) is 43.8 Å². The number of hydrogen-bond donors (Lipinski definition) is 1. The van der Waals surface area contributed by atoms with Crippen LogP contribution in [0.15, 0.2) is 70.7 Å². The maximum Gasteiger partial charge on any atom is 0.335 e. The fourth-order valence-corrected chi connectivity index (χ4v) is 4.71. The molecule has 0 aliphatic carbocycles. The van der Waals surface area contributed by atoms with Crippen LogP contribution in [-0.4, -0.2) is 31.6 Å². The first-order chi connectivity index (χ1) is 18.3. The zero-order chi connectivity index (χ0) is 27.2. The Morgan fingerprint density at radius 1 is 1.00 bits per heavy atom. The molecule has 3 aromatic rings. The Bertz CT molecular complexity index is 1390. The van der Waals surface area contributed by atoms with E-state index >= 15 is 0 Å². The number of amides is 4. The number of nitrogens with one attached hydrogen (secondary N) is 1. The summed E-state index contributed by atoms with van der Waals surface area (Å²) in [4.78, 5) is 39.4. The van der Waals surface area contributed by atoms with Crippen molar-refractivity contribution in [3.8, 4) is 17.2 Å². The molecule has 0 spiro atoms. The summed E-state index contributed by atoms with van der Waals surface area (Å²) in [6.45, 7) is 2.89. The Morgan fingerprint density at radius 2 is 1.71 bits per heavy atom. The lowest BCUT2D eigenvalue weighted by Gasteiger charge is -2.26. The molecule has 4 amide bonds. The smallest absolute Gasteiger partial charge is 0.335 e. The normalized spacial score (nSPS) is 14.5. The van der Waals surface area contributed by atoms with Gasteiger partial charge in [-0.15, -0.1) is 0 Å². The molecular weight excluding hydrogens is 667 g/mol. The number of anilines is 1. The first-order valence-corrected chi connectivity index (χ1v) is 13.6.